The number of hydrogen-bond acceptors (Lipinski definition) is 3. The van der Waals surface area contributed by atoms with Crippen LogP contribution in [0.2, 0.25) is 0 Å². The van der Waals surface area contributed by atoms with Crippen molar-refractivity contribution in [2.45, 2.75) is 43.2 Å². The van der Waals surface area contributed by atoms with Crippen LogP contribution in [-0.4, -0.2) is 49.2 Å². The number of ether oxygens (including phenoxy) is 1. The van der Waals surface area contributed by atoms with Crippen LogP contribution in [0.5, 0.6) is 0 Å². The van der Waals surface area contributed by atoms with Crippen LogP contribution in [0.4, 0.5) is 10.5 Å². The lowest BCUT2D eigenvalue weighted by Gasteiger charge is -2.29. The lowest BCUT2D eigenvalue weighted by atomic mass is 9.95. The van der Waals surface area contributed by atoms with E-state index in [0.717, 1.165) is 31.4 Å². The molecule has 1 aliphatic carbocycles. The second-order valence-electron chi connectivity index (χ2n) is 7.32. The lowest BCUT2D eigenvalue weighted by Crippen LogP contribution is -2.48. The maximum atomic E-state index is 12.9. The Kier molecular flexibility index (Phi) is 3.95. The molecule has 2 N–H and O–H groups in total. The van der Waals surface area contributed by atoms with Crippen LogP contribution in [-0.2, 0) is 14.9 Å². The molecule has 2 saturated heterocycles. The zero-order chi connectivity index (χ0) is 17.6. The SMILES string of the molecule is COCC1(c2ccc(N3C(=O)N4CCC[CH][C@@H]4C3C(N)=O)cc2)CC1. The molecular weight excluding hydrogens is 318 g/mol. The average molecular weight is 342 g/mol. The molecular formula is C19H24N3O3. The van der Waals surface area contributed by atoms with Gasteiger partial charge in [0.2, 0.25) is 5.91 Å². The van der Waals surface area contributed by atoms with Gasteiger partial charge in [-0.25, -0.2) is 4.79 Å². The third-order valence-electron chi connectivity index (χ3n) is 5.75. The van der Waals surface area contributed by atoms with Gasteiger partial charge in [0.15, 0.2) is 0 Å². The summed E-state index contributed by atoms with van der Waals surface area (Å²) in [5, 5.41) is 0. The van der Waals surface area contributed by atoms with Crippen molar-refractivity contribution < 1.29 is 14.3 Å². The fourth-order valence-electron chi connectivity index (χ4n) is 4.24. The number of benzene rings is 1. The van der Waals surface area contributed by atoms with Gasteiger partial charge in [0.1, 0.15) is 6.04 Å². The Bertz CT molecular complexity index is 684. The summed E-state index contributed by atoms with van der Waals surface area (Å²) in [6.07, 6.45) is 6.13. The van der Waals surface area contributed by atoms with Crippen LogP contribution in [0.15, 0.2) is 24.3 Å². The van der Waals surface area contributed by atoms with Crippen LogP contribution < -0.4 is 10.6 Å². The summed E-state index contributed by atoms with van der Waals surface area (Å²) in [6.45, 7) is 1.39. The molecule has 2 atom stereocenters. The van der Waals surface area contributed by atoms with Gasteiger partial charge in [-0.2, -0.15) is 0 Å². The fraction of sp³-hybridized carbons (Fsp3) is 0.526. The minimum atomic E-state index is -0.632. The highest BCUT2D eigenvalue weighted by Crippen LogP contribution is 2.48. The number of nitrogens with zero attached hydrogens (tertiary/aromatic N) is 2. The molecule has 2 aliphatic heterocycles. The fourth-order valence-corrected chi connectivity index (χ4v) is 4.24. The Labute approximate surface area is 147 Å². The van der Waals surface area contributed by atoms with Crippen molar-refractivity contribution in [3.05, 3.63) is 36.2 Å². The van der Waals surface area contributed by atoms with Gasteiger partial charge < -0.3 is 15.4 Å². The van der Waals surface area contributed by atoms with Gasteiger partial charge in [-0.3, -0.25) is 9.69 Å². The molecule has 1 aromatic carbocycles. The van der Waals surface area contributed by atoms with Crippen molar-refractivity contribution >= 4 is 17.6 Å². The molecule has 25 heavy (non-hydrogen) atoms. The number of amides is 3. The van der Waals surface area contributed by atoms with Crippen molar-refractivity contribution in [1.29, 1.82) is 0 Å². The molecule has 3 fully saturated rings. The van der Waals surface area contributed by atoms with Crippen LogP contribution >= 0.6 is 0 Å². The van der Waals surface area contributed by atoms with E-state index in [1.54, 1.807) is 16.9 Å². The summed E-state index contributed by atoms with van der Waals surface area (Å²) in [5.74, 6) is -0.457. The molecule has 2 heterocycles. The number of urea groups is 1. The van der Waals surface area contributed by atoms with Gasteiger partial charge >= 0.3 is 6.03 Å². The molecule has 6 nitrogen and oxygen atoms in total. The lowest BCUT2D eigenvalue weighted by molar-refractivity contribution is -0.119. The number of nitrogens with two attached hydrogens (primary N) is 1. The molecule has 4 rings (SSSR count). The summed E-state index contributed by atoms with van der Waals surface area (Å²) in [5.41, 5.74) is 7.73. The first-order chi connectivity index (χ1) is 12.1. The minimum absolute atomic E-state index is 0.122. The van der Waals surface area contributed by atoms with Gasteiger partial charge in [-0.05, 0) is 49.8 Å². The summed E-state index contributed by atoms with van der Waals surface area (Å²) < 4.78 is 5.35. The van der Waals surface area contributed by atoms with Gasteiger partial charge in [-0.1, -0.05) is 12.1 Å². The van der Waals surface area contributed by atoms with Crippen molar-refractivity contribution in [2.75, 3.05) is 25.2 Å². The Balaban J connectivity index is 1.63. The molecule has 0 spiro atoms. The standard InChI is InChI=1S/C19H24N3O3/c1-25-12-19(9-10-19)13-5-7-14(8-6-13)22-16(17(20)23)15-4-2-3-11-21(15)18(22)24/h4-8,15-16H,2-3,9-12H2,1H3,(H2,20,23)/t15-,16?/m1/s1. The molecule has 3 amide bonds. The van der Waals surface area contributed by atoms with Crippen LogP contribution in [0.3, 0.4) is 0 Å². The molecule has 1 saturated carbocycles. The molecule has 1 unspecified atom stereocenters. The van der Waals surface area contributed by atoms with E-state index in [-0.39, 0.29) is 17.5 Å². The monoisotopic (exact) mass is 342 g/mol. The van der Waals surface area contributed by atoms with E-state index in [1.165, 1.54) is 5.56 Å². The van der Waals surface area contributed by atoms with Crippen molar-refractivity contribution in [2.24, 2.45) is 5.73 Å². The Morgan fingerprint density at radius 3 is 2.64 bits per heavy atom. The topological polar surface area (TPSA) is 75.9 Å². The smallest absolute Gasteiger partial charge is 0.325 e. The van der Waals surface area contributed by atoms with Gasteiger partial charge in [0.25, 0.3) is 0 Å². The van der Waals surface area contributed by atoms with Crippen molar-refractivity contribution in [3.8, 4) is 0 Å². The number of hydrogen-bond donors (Lipinski definition) is 1. The zero-order valence-corrected chi connectivity index (χ0v) is 14.5. The molecule has 1 aromatic rings. The van der Waals surface area contributed by atoms with Gasteiger partial charge in [0.05, 0.1) is 12.6 Å². The second kappa shape index (κ2) is 6.02. The summed E-state index contributed by atoms with van der Waals surface area (Å²) in [4.78, 5) is 28.3. The first-order valence-corrected chi connectivity index (χ1v) is 8.89. The number of primary amides is 1. The predicted octanol–water partition coefficient (Wildman–Crippen LogP) is 1.83. The van der Waals surface area contributed by atoms with E-state index >= 15 is 0 Å². The first-order valence-electron chi connectivity index (χ1n) is 8.89. The molecule has 0 aromatic heterocycles. The number of anilines is 1. The highest BCUT2D eigenvalue weighted by atomic mass is 16.5. The Morgan fingerprint density at radius 2 is 2.04 bits per heavy atom. The number of carbonyl (C=O) groups is 2. The average Bonchev–Trinajstić information content (AvgIpc) is 3.34. The van der Waals surface area contributed by atoms with Crippen LogP contribution in [0.1, 0.15) is 31.2 Å². The number of rotatable bonds is 5. The van der Waals surface area contributed by atoms with E-state index in [0.29, 0.717) is 13.2 Å². The van der Waals surface area contributed by atoms with Crippen LogP contribution in [0.25, 0.3) is 0 Å². The molecule has 3 aliphatic rings. The van der Waals surface area contributed by atoms with E-state index < -0.39 is 11.9 Å². The molecule has 6 heteroatoms. The first kappa shape index (κ1) is 16.4. The summed E-state index contributed by atoms with van der Waals surface area (Å²) >= 11 is 0. The third-order valence-corrected chi connectivity index (χ3v) is 5.75. The minimum Gasteiger partial charge on any atom is -0.384 e. The quantitative estimate of drug-likeness (QED) is 0.887. The number of carbonyl (C=O) groups excluding carboxylic acids is 2. The molecule has 0 bridgehead atoms. The molecule has 133 valence electrons. The second-order valence-corrected chi connectivity index (χ2v) is 7.32. The van der Waals surface area contributed by atoms with E-state index in [1.807, 2.05) is 30.7 Å². The number of fused-ring (bicyclic) bond motifs is 1. The van der Waals surface area contributed by atoms with E-state index in [4.69, 9.17) is 10.5 Å². The summed E-state index contributed by atoms with van der Waals surface area (Å²) in [7, 11) is 1.72. The normalized spacial score (nSPS) is 27.3. The zero-order valence-electron chi connectivity index (χ0n) is 14.5. The summed E-state index contributed by atoms with van der Waals surface area (Å²) in [6, 6.07) is 6.97. The van der Waals surface area contributed by atoms with E-state index in [2.05, 4.69) is 0 Å². The number of piperidine rings is 1. The predicted molar refractivity (Wildman–Crippen MR) is 94.1 cm³/mol. The van der Waals surface area contributed by atoms with Crippen molar-refractivity contribution in [3.63, 3.8) is 0 Å². The van der Waals surface area contributed by atoms with Crippen molar-refractivity contribution in [1.82, 2.24) is 4.90 Å². The van der Waals surface area contributed by atoms with Gasteiger partial charge in [-0.15, -0.1) is 0 Å². The highest BCUT2D eigenvalue weighted by molar-refractivity contribution is 6.03. The van der Waals surface area contributed by atoms with Gasteiger partial charge in [0, 0.05) is 24.8 Å². The highest BCUT2D eigenvalue weighted by Gasteiger charge is 2.50. The Hall–Kier alpha value is -2.08. The Morgan fingerprint density at radius 1 is 1.32 bits per heavy atom. The third kappa shape index (κ3) is 2.59. The largest absolute Gasteiger partial charge is 0.384 e. The van der Waals surface area contributed by atoms with Crippen LogP contribution in [0, 0.1) is 6.42 Å². The molecule has 1 radical (unpaired) electrons. The maximum absolute atomic E-state index is 12.9. The maximum Gasteiger partial charge on any atom is 0.325 e. The number of methoxy groups -OCH3 is 1. The van der Waals surface area contributed by atoms with E-state index in [9.17, 15) is 9.59 Å².